The molecular weight excluding hydrogens is 274 g/mol. The van der Waals surface area contributed by atoms with Crippen LogP contribution in [0.1, 0.15) is 47.0 Å². The number of rotatable bonds is 3. The standard InChI is InChI=1S/C14H23N3O2S/c1-9-13-7-11(16-20(18,19)12-5-6-12)8-17(13)10(2)15-14(9,3)4/h11-12,16H,5-8H2,1-4H3/t11-/m0/s1. The zero-order valence-electron chi connectivity index (χ0n) is 12.6. The number of hydrogen-bond donors (Lipinski definition) is 1. The summed E-state index contributed by atoms with van der Waals surface area (Å²) < 4.78 is 27.0. The Morgan fingerprint density at radius 3 is 2.55 bits per heavy atom. The van der Waals surface area contributed by atoms with Crippen LogP contribution in [0, 0.1) is 0 Å². The Morgan fingerprint density at radius 2 is 1.95 bits per heavy atom. The quantitative estimate of drug-likeness (QED) is 0.861. The van der Waals surface area contributed by atoms with Crippen LogP contribution in [-0.4, -0.2) is 42.5 Å². The molecule has 0 aromatic heterocycles. The molecule has 1 saturated carbocycles. The van der Waals surface area contributed by atoms with Gasteiger partial charge in [0, 0.05) is 24.7 Å². The highest BCUT2D eigenvalue weighted by atomic mass is 32.2. The van der Waals surface area contributed by atoms with Crippen molar-refractivity contribution in [1.82, 2.24) is 9.62 Å². The first-order valence-electron chi connectivity index (χ1n) is 7.26. The largest absolute Gasteiger partial charge is 0.332 e. The number of nitrogens with zero attached hydrogens (tertiary/aromatic N) is 2. The van der Waals surface area contributed by atoms with Gasteiger partial charge in [-0.15, -0.1) is 0 Å². The van der Waals surface area contributed by atoms with E-state index in [1.807, 2.05) is 6.92 Å². The Hall–Kier alpha value is -0.880. The van der Waals surface area contributed by atoms with Crippen molar-refractivity contribution in [3.05, 3.63) is 11.3 Å². The van der Waals surface area contributed by atoms with Crippen molar-refractivity contribution in [2.24, 2.45) is 4.99 Å². The Morgan fingerprint density at radius 1 is 1.30 bits per heavy atom. The Kier molecular flexibility index (Phi) is 3.03. The fraction of sp³-hybridized carbons (Fsp3) is 0.786. The highest BCUT2D eigenvalue weighted by molar-refractivity contribution is 7.90. The fourth-order valence-corrected chi connectivity index (χ4v) is 4.68. The van der Waals surface area contributed by atoms with E-state index in [0.29, 0.717) is 6.54 Å². The highest BCUT2D eigenvalue weighted by Gasteiger charge is 2.41. The number of aliphatic imine (C=N–C) groups is 1. The summed E-state index contributed by atoms with van der Waals surface area (Å²) in [6.07, 6.45) is 2.39. The van der Waals surface area contributed by atoms with Gasteiger partial charge in [-0.25, -0.2) is 13.1 Å². The molecule has 0 spiro atoms. The third-order valence-corrected chi connectivity index (χ3v) is 6.66. The van der Waals surface area contributed by atoms with Gasteiger partial charge in [0.2, 0.25) is 10.0 Å². The molecule has 0 aromatic rings. The maximum absolute atomic E-state index is 12.1. The molecule has 20 heavy (non-hydrogen) atoms. The first kappa shape index (κ1) is 14.1. The van der Waals surface area contributed by atoms with Crippen LogP contribution in [0.2, 0.25) is 0 Å². The molecule has 3 aliphatic rings. The van der Waals surface area contributed by atoms with Crippen molar-refractivity contribution in [2.75, 3.05) is 6.54 Å². The minimum absolute atomic E-state index is 0.0235. The molecule has 2 fully saturated rings. The van der Waals surface area contributed by atoms with Gasteiger partial charge in [0.05, 0.1) is 10.8 Å². The lowest BCUT2D eigenvalue weighted by atomic mass is 9.92. The second-order valence-electron chi connectivity index (χ2n) is 6.66. The van der Waals surface area contributed by atoms with E-state index in [-0.39, 0.29) is 16.8 Å². The second kappa shape index (κ2) is 4.31. The van der Waals surface area contributed by atoms with Gasteiger partial charge in [-0.3, -0.25) is 4.99 Å². The van der Waals surface area contributed by atoms with Crippen LogP contribution in [0.5, 0.6) is 0 Å². The average molecular weight is 297 g/mol. The highest BCUT2D eigenvalue weighted by Crippen LogP contribution is 2.37. The molecule has 0 amide bonds. The minimum atomic E-state index is -3.12. The monoisotopic (exact) mass is 297 g/mol. The van der Waals surface area contributed by atoms with Gasteiger partial charge in [-0.2, -0.15) is 0 Å². The molecule has 5 nitrogen and oxygen atoms in total. The predicted octanol–water partition coefficient (Wildman–Crippen LogP) is 1.63. The van der Waals surface area contributed by atoms with E-state index in [4.69, 9.17) is 4.99 Å². The lowest BCUT2D eigenvalue weighted by Gasteiger charge is -2.34. The molecule has 1 atom stereocenters. The maximum atomic E-state index is 12.1. The van der Waals surface area contributed by atoms with Gasteiger partial charge >= 0.3 is 0 Å². The summed E-state index contributed by atoms with van der Waals surface area (Å²) in [6.45, 7) is 9.03. The third kappa shape index (κ3) is 2.29. The van der Waals surface area contributed by atoms with E-state index >= 15 is 0 Å². The van der Waals surface area contributed by atoms with Crippen molar-refractivity contribution in [3.63, 3.8) is 0 Å². The van der Waals surface area contributed by atoms with Crippen LogP contribution in [0.4, 0.5) is 0 Å². The summed E-state index contributed by atoms with van der Waals surface area (Å²) in [4.78, 5) is 6.89. The number of hydrogen-bond acceptors (Lipinski definition) is 4. The van der Waals surface area contributed by atoms with Crippen molar-refractivity contribution in [2.45, 2.75) is 63.8 Å². The molecule has 2 aliphatic heterocycles. The van der Waals surface area contributed by atoms with E-state index in [1.165, 1.54) is 11.3 Å². The van der Waals surface area contributed by atoms with E-state index < -0.39 is 10.0 Å². The summed E-state index contributed by atoms with van der Waals surface area (Å²) in [7, 11) is -3.12. The van der Waals surface area contributed by atoms with Crippen LogP contribution in [0.3, 0.4) is 0 Å². The number of fused-ring (bicyclic) bond motifs is 1. The van der Waals surface area contributed by atoms with Gasteiger partial charge in [0.25, 0.3) is 0 Å². The van der Waals surface area contributed by atoms with E-state index in [1.54, 1.807) is 0 Å². The first-order valence-corrected chi connectivity index (χ1v) is 8.81. The van der Waals surface area contributed by atoms with Crippen molar-refractivity contribution < 1.29 is 8.42 Å². The SMILES string of the molecule is CC1=NC(C)(C)C(C)=C2C[C@H](NS(=O)(=O)C3CC3)CN12. The molecule has 6 heteroatoms. The molecule has 0 aromatic carbocycles. The van der Waals surface area contributed by atoms with Crippen LogP contribution in [0.25, 0.3) is 0 Å². The maximum Gasteiger partial charge on any atom is 0.214 e. The molecule has 1 aliphatic carbocycles. The molecule has 0 bridgehead atoms. The van der Waals surface area contributed by atoms with Crippen LogP contribution >= 0.6 is 0 Å². The second-order valence-corrected chi connectivity index (χ2v) is 8.66. The van der Waals surface area contributed by atoms with Gasteiger partial charge in [-0.1, -0.05) is 0 Å². The van der Waals surface area contributed by atoms with E-state index in [0.717, 1.165) is 25.1 Å². The molecule has 1 N–H and O–H groups in total. The number of nitrogens with one attached hydrogen (secondary N) is 1. The zero-order chi connectivity index (χ0) is 14.7. The summed E-state index contributed by atoms with van der Waals surface area (Å²) in [5.74, 6) is 0.990. The molecule has 2 heterocycles. The third-order valence-electron chi connectivity index (χ3n) is 4.65. The summed E-state index contributed by atoms with van der Waals surface area (Å²) in [6, 6.07) is -0.0235. The lowest BCUT2D eigenvalue weighted by Crippen LogP contribution is -2.40. The smallest absolute Gasteiger partial charge is 0.214 e. The average Bonchev–Trinajstić information content (AvgIpc) is 3.09. The predicted molar refractivity (Wildman–Crippen MR) is 80.1 cm³/mol. The van der Waals surface area contributed by atoms with Gasteiger partial charge in [0.1, 0.15) is 5.84 Å². The van der Waals surface area contributed by atoms with Crippen LogP contribution in [0.15, 0.2) is 16.3 Å². The van der Waals surface area contributed by atoms with E-state index in [2.05, 4.69) is 30.4 Å². The Balaban J connectivity index is 1.82. The van der Waals surface area contributed by atoms with Crippen molar-refractivity contribution in [1.29, 1.82) is 0 Å². The van der Waals surface area contributed by atoms with Crippen molar-refractivity contribution in [3.8, 4) is 0 Å². The Bertz CT molecular complexity index is 600. The molecule has 3 rings (SSSR count). The topological polar surface area (TPSA) is 61.8 Å². The molecule has 112 valence electrons. The van der Waals surface area contributed by atoms with Gasteiger partial charge in [0.15, 0.2) is 0 Å². The Labute approximate surface area is 121 Å². The summed E-state index contributed by atoms with van der Waals surface area (Å²) in [5, 5.41) is -0.151. The van der Waals surface area contributed by atoms with Gasteiger partial charge in [-0.05, 0) is 46.1 Å². The summed E-state index contributed by atoms with van der Waals surface area (Å²) >= 11 is 0. The first-order chi connectivity index (χ1) is 9.21. The molecule has 0 radical (unpaired) electrons. The normalized spacial score (nSPS) is 29.5. The van der Waals surface area contributed by atoms with Crippen LogP contribution < -0.4 is 4.72 Å². The number of sulfonamides is 1. The molecule has 0 unspecified atom stereocenters. The van der Waals surface area contributed by atoms with Crippen molar-refractivity contribution >= 4 is 15.9 Å². The molecular formula is C14H23N3O2S. The molecule has 1 saturated heterocycles. The number of amidine groups is 1. The van der Waals surface area contributed by atoms with Crippen LogP contribution in [-0.2, 0) is 10.0 Å². The fourth-order valence-electron chi connectivity index (χ4n) is 3.11. The zero-order valence-corrected chi connectivity index (χ0v) is 13.4. The minimum Gasteiger partial charge on any atom is -0.332 e. The lowest BCUT2D eigenvalue weighted by molar-refractivity contribution is 0.478. The summed E-state index contributed by atoms with van der Waals surface area (Å²) in [5.41, 5.74) is 2.31. The van der Waals surface area contributed by atoms with Gasteiger partial charge < -0.3 is 4.90 Å². The van der Waals surface area contributed by atoms with E-state index in [9.17, 15) is 8.42 Å².